The van der Waals surface area contributed by atoms with Gasteiger partial charge in [-0.25, -0.2) is 9.97 Å². The average molecular weight is 269 g/mol. The predicted octanol–water partition coefficient (Wildman–Crippen LogP) is 1.86. The summed E-state index contributed by atoms with van der Waals surface area (Å²) in [4.78, 5) is 11.3. The number of aromatic nitrogens is 2. The molecule has 5 nitrogen and oxygen atoms in total. The molecule has 2 aromatic rings. The van der Waals surface area contributed by atoms with Gasteiger partial charge in [-0.3, -0.25) is 4.90 Å². The van der Waals surface area contributed by atoms with Crippen LogP contribution in [0.3, 0.4) is 0 Å². The van der Waals surface area contributed by atoms with Crippen LogP contribution in [0, 0.1) is 0 Å². The summed E-state index contributed by atoms with van der Waals surface area (Å²) in [5.41, 5.74) is 7.47. The molecule has 2 saturated heterocycles. The fourth-order valence-corrected chi connectivity index (χ4v) is 3.62. The minimum atomic E-state index is 0.508. The van der Waals surface area contributed by atoms with Crippen LogP contribution in [0.5, 0.6) is 0 Å². The van der Waals surface area contributed by atoms with Gasteiger partial charge in [0.25, 0.3) is 0 Å². The molecular formula is C15H19N5. The highest BCUT2D eigenvalue weighted by atomic mass is 15.2. The highest BCUT2D eigenvalue weighted by molar-refractivity contribution is 5.90. The number of nitrogens with two attached hydrogens (primary N) is 1. The van der Waals surface area contributed by atoms with Gasteiger partial charge in [-0.1, -0.05) is 0 Å². The summed E-state index contributed by atoms with van der Waals surface area (Å²) >= 11 is 0. The van der Waals surface area contributed by atoms with E-state index in [1.165, 1.54) is 32.4 Å². The third kappa shape index (κ3) is 1.89. The molecular weight excluding hydrogens is 250 g/mol. The first-order valence-electron chi connectivity index (χ1n) is 7.32. The molecule has 3 N–H and O–H groups in total. The maximum absolute atomic E-state index is 5.82. The van der Waals surface area contributed by atoms with Crippen LogP contribution in [0.4, 0.5) is 11.5 Å². The molecule has 0 radical (unpaired) electrons. The van der Waals surface area contributed by atoms with E-state index in [2.05, 4.69) is 20.2 Å². The van der Waals surface area contributed by atoms with Gasteiger partial charge in [0.1, 0.15) is 12.1 Å². The van der Waals surface area contributed by atoms with Gasteiger partial charge in [-0.2, -0.15) is 0 Å². The van der Waals surface area contributed by atoms with Gasteiger partial charge in [0.15, 0.2) is 0 Å². The van der Waals surface area contributed by atoms with E-state index in [9.17, 15) is 0 Å². The van der Waals surface area contributed by atoms with E-state index in [1.54, 1.807) is 6.33 Å². The van der Waals surface area contributed by atoms with Crippen LogP contribution in [0.1, 0.15) is 19.3 Å². The molecule has 2 atom stereocenters. The third-order valence-corrected chi connectivity index (χ3v) is 4.59. The van der Waals surface area contributed by atoms with E-state index in [0.717, 1.165) is 22.4 Å². The Bertz CT molecular complexity index is 641. The molecule has 2 aliphatic rings. The minimum Gasteiger partial charge on any atom is -0.399 e. The predicted molar refractivity (Wildman–Crippen MR) is 80.6 cm³/mol. The Morgan fingerprint density at radius 3 is 3.10 bits per heavy atom. The van der Waals surface area contributed by atoms with Gasteiger partial charge >= 0.3 is 0 Å². The maximum atomic E-state index is 5.82. The highest BCUT2D eigenvalue weighted by Gasteiger charge is 2.37. The number of hydrogen-bond acceptors (Lipinski definition) is 5. The Kier molecular flexibility index (Phi) is 2.73. The van der Waals surface area contributed by atoms with Crippen LogP contribution in [-0.4, -0.2) is 40.0 Å². The van der Waals surface area contributed by atoms with Crippen molar-refractivity contribution in [3.8, 4) is 0 Å². The quantitative estimate of drug-likeness (QED) is 0.815. The van der Waals surface area contributed by atoms with Crippen LogP contribution >= 0.6 is 0 Å². The van der Waals surface area contributed by atoms with Crippen molar-refractivity contribution in [2.24, 2.45) is 0 Å². The lowest BCUT2D eigenvalue weighted by molar-refractivity contribution is 0.318. The number of benzene rings is 1. The van der Waals surface area contributed by atoms with E-state index in [0.29, 0.717) is 12.1 Å². The maximum Gasteiger partial charge on any atom is 0.137 e. The Labute approximate surface area is 118 Å². The topological polar surface area (TPSA) is 67.1 Å². The van der Waals surface area contributed by atoms with Gasteiger partial charge in [0.2, 0.25) is 0 Å². The molecule has 4 rings (SSSR count). The zero-order valence-corrected chi connectivity index (χ0v) is 11.4. The number of nitrogens with one attached hydrogen (secondary N) is 1. The first-order chi connectivity index (χ1) is 9.81. The molecule has 1 aromatic carbocycles. The standard InChI is InChI=1S/C15H19N5/c16-10-3-4-11-13(8-10)17-9-18-15(11)19-12-5-7-20-6-1-2-14(12)20/h3-4,8-9,12,14H,1-2,5-7,16H2,(H,17,18,19). The van der Waals surface area contributed by atoms with Gasteiger partial charge in [-0.05, 0) is 44.0 Å². The second-order valence-corrected chi connectivity index (χ2v) is 5.78. The van der Waals surface area contributed by atoms with E-state index in [-0.39, 0.29) is 0 Å². The fraction of sp³-hybridized carbons (Fsp3) is 0.467. The van der Waals surface area contributed by atoms with E-state index in [4.69, 9.17) is 5.73 Å². The second kappa shape index (κ2) is 4.59. The summed E-state index contributed by atoms with van der Waals surface area (Å²) in [6, 6.07) is 7.00. The molecule has 0 aliphatic carbocycles. The Hall–Kier alpha value is -1.88. The van der Waals surface area contributed by atoms with Crippen molar-refractivity contribution in [3.63, 3.8) is 0 Å². The van der Waals surface area contributed by atoms with Crippen LogP contribution in [0.25, 0.3) is 10.9 Å². The highest BCUT2D eigenvalue weighted by Crippen LogP contribution is 2.31. The van der Waals surface area contributed by atoms with Crippen molar-refractivity contribution < 1.29 is 0 Å². The van der Waals surface area contributed by atoms with E-state index >= 15 is 0 Å². The number of nitrogen functional groups attached to an aromatic ring is 1. The number of fused-ring (bicyclic) bond motifs is 2. The van der Waals surface area contributed by atoms with Crippen molar-refractivity contribution in [1.29, 1.82) is 0 Å². The molecule has 104 valence electrons. The zero-order valence-electron chi connectivity index (χ0n) is 11.4. The monoisotopic (exact) mass is 269 g/mol. The van der Waals surface area contributed by atoms with Crippen LogP contribution in [-0.2, 0) is 0 Å². The Balaban J connectivity index is 1.65. The molecule has 0 saturated carbocycles. The van der Waals surface area contributed by atoms with Crippen molar-refractivity contribution in [2.45, 2.75) is 31.3 Å². The molecule has 2 fully saturated rings. The lowest BCUT2D eigenvalue weighted by Gasteiger charge is -2.22. The van der Waals surface area contributed by atoms with Crippen molar-refractivity contribution in [2.75, 3.05) is 24.1 Å². The Morgan fingerprint density at radius 1 is 1.20 bits per heavy atom. The SMILES string of the molecule is Nc1ccc2c(NC3CCN4CCCC34)ncnc2c1. The molecule has 0 spiro atoms. The van der Waals surface area contributed by atoms with Gasteiger partial charge in [0.05, 0.1) is 5.52 Å². The summed E-state index contributed by atoms with van der Waals surface area (Å²) in [7, 11) is 0. The molecule has 0 amide bonds. The lowest BCUT2D eigenvalue weighted by atomic mass is 10.1. The molecule has 2 unspecified atom stereocenters. The van der Waals surface area contributed by atoms with Gasteiger partial charge in [0, 0.05) is 29.7 Å². The largest absolute Gasteiger partial charge is 0.399 e. The van der Waals surface area contributed by atoms with Crippen molar-refractivity contribution >= 4 is 22.4 Å². The molecule has 20 heavy (non-hydrogen) atoms. The molecule has 0 bridgehead atoms. The van der Waals surface area contributed by atoms with Crippen LogP contribution < -0.4 is 11.1 Å². The zero-order chi connectivity index (χ0) is 13.5. The smallest absolute Gasteiger partial charge is 0.137 e. The fourth-order valence-electron chi connectivity index (χ4n) is 3.62. The third-order valence-electron chi connectivity index (χ3n) is 4.59. The van der Waals surface area contributed by atoms with Crippen LogP contribution in [0.15, 0.2) is 24.5 Å². The van der Waals surface area contributed by atoms with E-state index < -0.39 is 0 Å². The second-order valence-electron chi connectivity index (χ2n) is 5.78. The molecule has 1 aromatic heterocycles. The van der Waals surface area contributed by atoms with Gasteiger partial charge in [-0.15, -0.1) is 0 Å². The number of nitrogens with zero attached hydrogens (tertiary/aromatic N) is 3. The number of hydrogen-bond donors (Lipinski definition) is 2. The summed E-state index contributed by atoms with van der Waals surface area (Å²) in [5, 5.41) is 4.69. The Morgan fingerprint density at radius 2 is 2.15 bits per heavy atom. The first-order valence-corrected chi connectivity index (χ1v) is 7.32. The molecule has 2 aliphatic heterocycles. The minimum absolute atomic E-state index is 0.508. The number of anilines is 2. The first kappa shape index (κ1) is 11.9. The summed E-state index contributed by atoms with van der Waals surface area (Å²) in [5.74, 6) is 0.939. The lowest BCUT2D eigenvalue weighted by Crippen LogP contribution is -2.34. The summed E-state index contributed by atoms with van der Waals surface area (Å²) < 4.78 is 0. The summed E-state index contributed by atoms with van der Waals surface area (Å²) in [6.45, 7) is 2.46. The normalized spacial score (nSPS) is 26.0. The molecule has 5 heteroatoms. The van der Waals surface area contributed by atoms with Gasteiger partial charge < -0.3 is 11.1 Å². The van der Waals surface area contributed by atoms with Crippen LogP contribution in [0.2, 0.25) is 0 Å². The number of rotatable bonds is 2. The average Bonchev–Trinajstić information content (AvgIpc) is 3.03. The summed E-state index contributed by atoms with van der Waals surface area (Å²) in [6.07, 6.45) is 5.44. The molecule has 3 heterocycles. The van der Waals surface area contributed by atoms with E-state index in [1.807, 2.05) is 18.2 Å². The van der Waals surface area contributed by atoms with Crippen molar-refractivity contribution in [3.05, 3.63) is 24.5 Å². The van der Waals surface area contributed by atoms with Crippen molar-refractivity contribution in [1.82, 2.24) is 14.9 Å².